The van der Waals surface area contributed by atoms with Crippen LogP contribution in [0.1, 0.15) is 31.0 Å². The molecule has 2 rings (SSSR count). The first-order valence-corrected chi connectivity index (χ1v) is 6.56. The van der Waals surface area contributed by atoms with Gasteiger partial charge in [0.2, 0.25) is 0 Å². The number of Topliss-reactive ketones (excluding diaryl/α,β-unsaturated/α-hetero) is 1. The Labute approximate surface area is 120 Å². The van der Waals surface area contributed by atoms with Crippen molar-refractivity contribution in [3.05, 3.63) is 23.4 Å². The number of pyridine rings is 1. The van der Waals surface area contributed by atoms with Crippen LogP contribution in [0.2, 0.25) is 0 Å². The Hall–Kier alpha value is -2.10. The van der Waals surface area contributed by atoms with Gasteiger partial charge in [0.1, 0.15) is 23.4 Å². The second kappa shape index (κ2) is 5.72. The van der Waals surface area contributed by atoms with E-state index in [1.165, 1.54) is 6.92 Å². The number of nitrogens with zero attached hydrogens (tertiary/aromatic N) is 3. The third kappa shape index (κ3) is 3.32. The normalized spacial score (nSPS) is 19.2. The van der Waals surface area contributed by atoms with E-state index in [1.54, 1.807) is 4.90 Å². The maximum absolute atomic E-state index is 12.8. The molecule has 0 aromatic carbocycles. The van der Waals surface area contributed by atoms with E-state index < -0.39 is 11.9 Å². The second-order valence-corrected chi connectivity index (χ2v) is 5.07. The molecule has 0 radical (unpaired) electrons. The minimum absolute atomic E-state index is 0.00480. The van der Waals surface area contributed by atoms with Crippen molar-refractivity contribution in [2.24, 2.45) is 5.92 Å². The van der Waals surface area contributed by atoms with Gasteiger partial charge in [0.05, 0.1) is 5.56 Å². The van der Waals surface area contributed by atoms with Gasteiger partial charge in [-0.1, -0.05) is 0 Å². The molecule has 1 aliphatic rings. The largest absolute Gasteiger partial charge is 0.433 e. The fourth-order valence-electron chi connectivity index (χ4n) is 2.44. The van der Waals surface area contributed by atoms with Crippen molar-refractivity contribution in [1.29, 1.82) is 5.26 Å². The SMILES string of the molecule is CC(=O)C1CCCN(c2nc(C(F)(F)F)ccc2C#N)C1. The molecular formula is C14H14F3N3O. The van der Waals surface area contributed by atoms with Crippen LogP contribution in [0.15, 0.2) is 12.1 Å². The lowest BCUT2D eigenvalue weighted by Gasteiger charge is -2.33. The highest BCUT2D eigenvalue weighted by molar-refractivity contribution is 5.79. The Morgan fingerprint density at radius 3 is 2.76 bits per heavy atom. The van der Waals surface area contributed by atoms with Crippen LogP contribution in [0.25, 0.3) is 0 Å². The molecule has 1 atom stereocenters. The molecule has 0 bridgehead atoms. The summed E-state index contributed by atoms with van der Waals surface area (Å²) in [6.45, 7) is 2.27. The Morgan fingerprint density at radius 2 is 2.19 bits per heavy atom. The van der Waals surface area contributed by atoms with Crippen LogP contribution in [0.3, 0.4) is 0 Å². The smallest absolute Gasteiger partial charge is 0.355 e. The van der Waals surface area contributed by atoms with E-state index >= 15 is 0 Å². The van der Waals surface area contributed by atoms with E-state index in [-0.39, 0.29) is 23.1 Å². The lowest BCUT2D eigenvalue weighted by Crippen LogP contribution is -2.39. The van der Waals surface area contributed by atoms with Crippen molar-refractivity contribution in [3.8, 4) is 6.07 Å². The highest BCUT2D eigenvalue weighted by atomic mass is 19.4. The lowest BCUT2D eigenvalue weighted by molar-refractivity contribution is -0.141. The molecule has 21 heavy (non-hydrogen) atoms. The summed E-state index contributed by atoms with van der Waals surface area (Å²) in [6.07, 6.45) is -3.15. The Bertz CT molecular complexity index is 592. The fraction of sp³-hybridized carbons (Fsp3) is 0.500. The summed E-state index contributed by atoms with van der Waals surface area (Å²) in [5, 5.41) is 9.05. The van der Waals surface area contributed by atoms with E-state index in [9.17, 15) is 18.0 Å². The molecule has 1 fully saturated rings. The summed E-state index contributed by atoms with van der Waals surface area (Å²) in [7, 11) is 0. The van der Waals surface area contributed by atoms with E-state index in [1.807, 2.05) is 6.07 Å². The molecule has 1 aliphatic heterocycles. The number of carbonyl (C=O) groups is 1. The van der Waals surface area contributed by atoms with Gasteiger partial charge in [0.15, 0.2) is 0 Å². The number of nitriles is 1. The summed E-state index contributed by atoms with van der Waals surface area (Å²) in [6, 6.07) is 3.79. The zero-order chi connectivity index (χ0) is 15.6. The third-order valence-electron chi connectivity index (χ3n) is 3.58. The minimum atomic E-state index is -4.56. The molecule has 2 heterocycles. The standard InChI is InChI=1S/C14H14F3N3O/c1-9(21)11-3-2-6-20(8-11)13-10(7-18)4-5-12(19-13)14(15,16)17/h4-5,11H,2-3,6,8H2,1H3. The fourth-order valence-corrected chi connectivity index (χ4v) is 2.44. The van der Waals surface area contributed by atoms with Crippen molar-refractivity contribution in [1.82, 2.24) is 4.98 Å². The number of hydrogen-bond donors (Lipinski definition) is 0. The molecule has 0 N–H and O–H groups in total. The molecule has 1 saturated heterocycles. The number of alkyl halides is 3. The van der Waals surface area contributed by atoms with Crippen molar-refractivity contribution < 1.29 is 18.0 Å². The van der Waals surface area contributed by atoms with E-state index in [0.29, 0.717) is 25.9 Å². The quantitative estimate of drug-likeness (QED) is 0.842. The molecule has 4 nitrogen and oxygen atoms in total. The Balaban J connectivity index is 2.37. The summed E-state index contributed by atoms with van der Waals surface area (Å²) in [5.41, 5.74) is -0.936. The molecule has 1 aromatic rings. The zero-order valence-corrected chi connectivity index (χ0v) is 11.4. The first-order valence-electron chi connectivity index (χ1n) is 6.56. The van der Waals surface area contributed by atoms with Crippen LogP contribution >= 0.6 is 0 Å². The van der Waals surface area contributed by atoms with Gasteiger partial charge in [-0.25, -0.2) is 4.98 Å². The molecule has 1 unspecified atom stereocenters. The lowest BCUT2D eigenvalue weighted by atomic mass is 9.94. The maximum Gasteiger partial charge on any atom is 0.433 e. The maximum atomic E-state index is 12.8. The molecule has 0 amide bonds. The number of aromatic nitrogens is 1. The summed E-state index contributed by atoms with van der Waals surface area (Å²) in [5.74, 6) is -0.204. The van der Waals surface area contributed by atoms with Gasteiger partial charge in [-0.3, -0.25) is 4.79 Å². The number of piperidine rings is 1. The van der Waals surface area contributed by atoms with Crippen LogP contribution < -0.4 is 4.90 Å². The van der Waals surface area contributed by atoms with Crippen LogP contribution in [0, 0.1) is 17.2 Å². The number of hydrogen-bond acceptors (Lipinski definition) is 4. The van der Waals surface area contributed by atoms with E-state index in [2.05, 4.69) is 4.98 Å². The first kappa shape index (κ1) is 15.3. The number of rotatable bonds is 2. The molecule has 0 aliphatic carbocycles. The third-order valence-corrected chi connectivity index (χ3v) is 3.58. The Kier molecular flexibility index (Phi) is 4.16. The average Bonchev–Trinajstić information content (AvgIpc) is 2.45. The second-order valence-electron chi connectivity index (χ2n) is 5.07. The van der Waals surface area contributed by atoms with Gasteiger partial charge in [0.25, 0.3) is 0 Å². The number of halogens is 3. The van der Waals surface area contributed by atoms with Crippen LogP contribution in [0.5, 0.6) is 0 Å². The number of ketones is 1. The molecule has 7 heteroatoms. The molecule has 1 aromatic heterocycles. The van der Waals surface area contributed by atoms with Gasteiger partial charge < -0.3 is 4.90 Å². The summed E-state index contributed by atoms with van der Waals surface area (Å²) < 4.78 is 38.3. The predicted octanol–water partition coefficient (Wildman–Crippen LogP) is 2.78. The molecule has 0 spiro atoms. The van der Waals surface area contributed by atoms with Crippen molar-refractivity contribution in [2.75, 3.05) is 18.0 Å². The van der Waals surface area contributed by atoms with Crippen LogP contribution in [-0.2, 0) is 11.0 Å². The highest BCUT2D eigenvalue weighted by Crippen LogP contribution is 2.31. The number of anilines is 1. The molecule has 112 valence electrons. The predicted molar refractivity (Wildman–Crippen MR) is 69.6 cm³/mol. The average molecular weight is 297 g/mol. The zero-order valence-electron chi connectivity index (χ0n) is 11.4. The number of carbonyl (C=O) groups excluding carboxylic acids is 1. The van der Waals surface area contributed by atoms with Crippen LogP contribution in [-0.4, -0.2) is 23.9 Å². The highest BCUT2D eigenvalue weighted by Gasteiger charge is 2.34. The molecular weight excluding hydrogens is 283 g/mol. The van der Waals surface area contributed by atoms with E-state index in [4.69, 9.17) is 5.26 Å². The van der Waals surface area contributed by atoms with Gasteiger partial charge in [-0.2, -0.15) is 18.4 Å². The van der Waals surface area contributed by atoms with Gasteiger partial charge in [0, 0.05) is 19.0 Å². The summed E-state index contributed by atoms with van der Waals surface area (Å²) in [4.78, 5) is 16.7. The van der Waals surface area contributed by atoms with Crippen LogP contribution in [0.4, 0.5) is 19.0 Å². The van der Waals surface area contributed by atoms with Gasteiger partial charge in [-0.05, 0) is 31.9 Å². The summed E-state index contributed by atoms with van der Waals surface area (Å²) >= 11 is 0. The van der Waals surface area contributed by atoms with Gasteiger partial charge in [-0.15, -0.1) is 0 Å². The van der Waals surface area contributed by atoms with E-state index in [0.717, 1.165) is 12.1 Å². The van der Waals surface area contributed by atoms with Crippen molar-refractivity contribution in [3.63, 3.8) is 0 Å². The monoisotopic (exact) mass is 297 g/mol. The topological polar surface area (TPSA) is 57.0 Å². The minimum Gasteiger partial charge on any atom is -0.355 e. The van der Waals surface area contributed by atoms with Crippen molar-refractivity contribution >= 4 is 11.6 Å². The Morgan fingerprint density at radius 1 is 1.48 bits per heavy atom. The van der Waals surface area contributed by atoms with Gasteiger partial charge >= 0.3 is 6.18 Å². The molecule has 0 saturated carbocycles. The van der Waals surface area contributed by atoms with Crippen molar-refractivity contribution in [2.45, 2.75) is 25.9 Å². The first-order chi connectivity index (χ1) is 9.82.